The van der Waals surface area contributed by atoms with E-state index in [1.807, 2.05) is 0 Å². The monoisotopic (exact) mass is 461 g/mol. The predicted molar refractivity (Wildman–Crippen MR) is 106 cm³/mol. The van der Waals surface area contributed by atoms with Crippen molar-refractivity contribution >= 4 is 39.8 Å². The van der Waals surface area contributed by atoms with Gasteiger partial charge < -0.3 is 15.4 Å². The Balaban J connectivity index is 0.00000484. The molecule has 1 heterocycles. The molecule has 1 aliphatic rings. The number of nitrogens with zero attached hydrogens (tertiary/aromatic N) is 1. The second-order valence-electron chi connectivity index (χ2n) is 7.07. The summed E-state index contributed by atoms with van der Waals surface area (Å²) in [6.07, 6.45) is 3.68. The SMILES string of the molecule is CN=C(NCCS(C)(=O)=O)NCC1CCCOC1C(C)(C)C.I. The number of nitrogens with one attached hydrogen (secondary N) is 2. The summed E-state index contributed by atoms with van der Waals surface area (Å²) >= 11 is 0. The molecule has 0 aromatic carbocycles. The molecular weight excluding hydrogens is 429 g/mol. The van der Waals surface area contributed by atoms with E-state index < -0.39 is 9.84 Å². The lowest BCUT2D eigenvalue weighted by Crippen LogP contribution is -2.48. The molecule has 0 aliphatic carbocycles. The summed E-state index contributed by atoms with van der Waals surface area (Å²) in [5, 5.41) is 6.33. The molecular formula is C15H32IN3O3S. The first-order chi connectivity index (χ1) is 10.1. The molecule has 0 aromatic rings. The van der Waals surface area contributed by atoms with Crippen LogP contribution in [0, 0.1) is 11.3 Å². The van der Waals surface area contributed by atoms with Crippen molar-refractivity contribution < 1.29 is 13.2 Å². The van der Waals surface area contributed by atoms with Gasteiger partial charge >= 0.3 is 0 Å². The van der Waals surface area contributed by atoms with Crippen LogP contribution in [0.5, 0.6) is 0 Å². The Kier molecular flexibility index (Phi) is 9.99. The highest BCUT2D eigenvalue weighted by molar-refractivity contribution is 14.0. The van der Waals surface area contributed by atoms with Crippen molar-refractivity contribution in [3.8, 4) is 0 Å². The van der Waals surface area contributed by atoms with E-state index in [0.29, 0.717) is 18.4 Å². The first-order valence-electron chi connectivity index (χ1n) is 7.87. The van der Waals surface area contributed by atoms with Crippen molar-refractivity contribution in [1.29, 1.82) is 0 Å². The maximum atomic E-state index is 11.1. The lowest BCUT2D eigenvalue weighted by molar-refractivity contribution is -0.0835. The van der Waals surface area contributed by atoms with Crippen LogP contribution in [0.4, 0.5) is 0 Å². The third-order valence-corrected chi connectivity index (χ3v) is 4.76. The normalized spacial score (nSPS) is 23.1. The van der Waals surface area contributed by atoms with Crippen LogP contribution >= 0.6 is 24.0 Å². The smallest absolute Gasteiger partial charge is 0.191 e. The second kappa shape index (κ2) is 10.0. The minimum Gasteiger partial charge on any atom is -0.377 e. The quantitative estimate of drug-likeness (QED) is 0.370. The molecule has 6 nitrogen and oxygen atoms in total. The van der Waals surface area contributed by atoms with Gasteiger partial charge in [0.05, 0.1) is 11.9 Å². The van der Waals surface area contributed by atoms with Crippen molar-refractivity contribution in [2.45, 2.75) is 39.7 Å². The van der Waals surface area contributed by atoms with Gasteiger partial charge in [-0.1, -0.05) is 20.8 Å². The standard InChI is InChI=1S/C15H31N3O3S.HI/c1-15(2,3)13-12(7-6-9-21-13)11-18-14(16-4)17-8-10-22(5,19)20;/h12-13H,6-11H2,1-5H3,(H2,16,17,18);1H. The summed E-state index contributed by atoms with van der Waals surface area (Å²) in [5.74, 6) is 1.18. The highest BCUT2D eigenvalue weighted by Gasteiger charge is 2.35. The number of guanidine groups is 1. The molecule has 138 valence electrons. The van der Waals surface area contributed by atoms with Crippen molar-refractivity contribution in [3.05, 3.63) is 0 Å². The van der Waals surface area contributed by atoms with E-state index in [1.165, 1.54) is 6.26 Å². The highest BCUT2D eigenvalue weighted by Crippen LogP contribution is 2.33. The topological polar surface area (TPSA) is 79.8 Å². The molecule has 1 saturated heterocycles. The molecule has 0 aromatic heterocycles. The van der Waals surface area contributed by atoms with Crippen molar-refractivity contribution in [3.63, 3.8) is 0 Å². The summed E-state index contributed by atoms with van der Waals surface area (Å²) < 4.78 is 28.3. The lowest BCUT2D eigenvalue weighted by Gasteiger charge is -2.40. The van der Waals surface area contributed by atoms with Gasteiger partial charge in [-0.25, -0.2) is 8.42 Å². The van der Waals surface area contributed by atoms with E-state index in [9.17, 15) is 8.42 Å². The Bertz CT molecular complexity index is 475. The molecule has 0 amide bonds. The van der Waals surface area contributed by atoms with E-state index in [0.717, 1.165) is 26.0 Å². The van der Waals surface area contributed by atoms with E-state index in [1.54, 1.807) is 7.05 Å². The minimum absolute atomic E-state index is 0. The zero-order valence-corrected chi connectivity index (χ0v) is 18.0. The number of rotatable bonds is 5. The summed E-state index contributed by atoms with van der Waals surface area (Å²) in [7, 11) is -1.27. The van der Waals surface area contributed by atoms with E-state index >= 15 is 0 Å². The zero-order chi connectivity index (χ0) is 16.8. The van der Waals surface area contributed by atoms with Gasteiger partial charge in [0.15, 0.2) is 5.96 Å². The Morgan fingerprint density at radius 2 is 1.96 bits per heavy atom. The van der Waals surface area contributed by atoms with Crippen molar-refractivity contribution in [1.82, 2.24) is 10.6 Å². The van der Waals surface area contributed by atoms with Gasteiger partial charge in [0.25, 0.3) is 0 Å². The molecule has 0 spiro atoms. The van der Waals surface area contributed by atoms with Crippen LogP contribution in [0.3, 0.4) is 0 Å². The zero-order valence-electron chi connectivity index (χ0n) is 14.9. The molecule has 1 rings (SSSR count). The number of sulfone groups is 1. The Labute approximate surface area is 158 Å². The maximum absolute atomic E-state index is 11.1. The number of aliphatic imine (C=N–C) groups is 1. The fourth-order valence-electron chi connectivity index (χ4n) is 2.81. The second-order valence-corrected chi connectivity index (χ2v) is 9.33. The molecule has 0 radical (unpaired) electrons. The van der Waals surface area contributed by atoms with E-state index in [4.69, 9.17) is 4.74 Å². The Morgan fingerprint density at radius 1 is 1.30 bits per heavy atom. The van der Waals surface area contributed by atoms with Crippen LogP contribution in [-0.2, 0) is 14.6 Å². The van der Waals surface area contributed by atoms with Gasteiger partial charge in [0, 0.05) is 38.9 Å². The molecule has 2 unspecified atom stereocenters. The number of halogens is 1. The maximum Gasteiger partial charge on any atom is 0.191 e. The van der Waals surface area contributed by atoms with Crippen molar-refractivity contribution in [2.24, 2.45) is 16.3 Å². The molecule has 0 bridgehead atoms. The van der Waals surface area contributed by atoms with Gasteiger partial charge in [0.1, 0.15) is 9.84 Å². The van der Waals surface area contributed by atoms with Gasteiger partial charge in [-0.05, 0) is 18.3 Å². The average molecular weight is 461 g/mol. The fraction of sp³-hybridized carbons (Fsp3) is 0.933. The van der Waals surface area contributed by atoms with E-state index in [-0.39, 0.29) is 41.2 Å². The molecule has 8 heteroatoms. The molecule has 2 atom stereocenters. The largest absolute Gasteiger partial charge is 0.377 e. The number of hydrogen-bond acceptors (Lipinski definition) is 4. The number of hydrogen-bond donors (Lipinski definition) is 2. The van der Waals surface area contributed by atoms with Gasteiger partial charge in [-0.15, -0.1) is 24.0 Å². The van der Waals surface area contributed by atoms with Crippen LogP contribution in [0.15, 0.2) is 4.99 Å². The lowest BCUT2D eigenvalue weighted by atomic mass is 9.78. The van der Waals surface area contributed by atoms with Crippen LogP contribution in [-0.4, -0.2) is 59.2 Å². The summed E-state index contributed by atoms with van der Waals surface area (Å²) in [6.45, 7) is 8.59. The van der Waals surface area contributed by atoms with Crippen LogP contribution in [0.2, 0.25) is 0 Å². The summed E-state index contributed by atoms with van der Waals surface area (Å²) in [6, 6.07) is 0. The van der Waals surface area contributed by atoms with Crippen LogP contribution in [0.1, 0.15) is 33.6 Å². The van der Waals surface area contributed by atoms with Crippen molar-refractivity contribution in [2.75, 3.05) is 38.8 Å². The Morgan fingerprint density at radius 3 is 2.48 bits per heavy atom. The molecule has 1 fully saturated rings. The first-order valence-corrected chi connectivity index (χ1v) is 9.93. The average Bonchev–Trinajstić information content (AvgIpc) is 2.40. The predicted octanol–water partition coefficient (Wildman–Crippen LogP) is 1.66. The highest BCUT2D eigenvalue weighted by atomic mass is 127. The summed E-state index contributed by atoms with van der Waals surface area (Å²) in [5.41, 5.74) is 0.111. The van der Waals surface area contributed by atoms with Gasteiger partial charge in [0.2, 0.25) is 0 Å². The first kappa shape index (κ1) is 22.9. The Hall–Kier alpha value is -0.0900. The third kappa shape index (κ3) is 9.09. The molecule has 1 aliphatic heterocycles. The summed E-state index contributed by atoms with van der Waals surface area (Å²) in [4.78, 5) is 4.14. The minimum atomic E-state index is -2.96. The van der Waals surface area contributed by atoms with Gasteiger partial charge in [-0.3, -0.25) is 4.99 Å². The van der Waals surface area contributed by atoms with Crippen LogP contribution < -0.4 is 10.6 Å². The molecule has 0 saturated carbocycles. The fourth-order valence-corrected chi connectivity index (χ4v) is 3.29. The molecule has 2 N–H and O–H groups in total. The molecule has 23 heavy (non-hydrogen) atoms. The van der Waals surface area contributed by atoms with Gasteiger partial charge in [-0.2, -0.15) is 0 Å². The number of ether oxygens (including phenoxy) is 1. The van der Waals surface area contributed by atoms with E-state index in [2.05, 4.69) is 36.4 Å². The van der Waals surface area contributed by atoms with Crippen LogP contribution in [0.25, 0.3) is 0 Å². The third-order valence-electron chi connectivity index (χ3n) is 3.82.